The van der Waals surface area contributed by atoms with E-state index < -0.39 is 9.84 Å². The molecule has 0 aliphatic carbocycles. The van der Waals surface area contributed by atoms with Crippen LogP contribution in [0.15, 0.2) is 40.2 Å². The molecule has 8 heteroatoms. The zero-order chi connectivity index (χ0) is 16.3. The van der Waals surface area contributed by atoms with Crippen molar-refractivity contribution in [3.8, 4) is 0 Å². The van der Waals surface area contributed by atoms with Crippen molar-refractivity contribution in [1.29, 1.82) is 0 Å². The molecule has 0 bridgehead atoms. The van der Waals surface area contributed by atoms with Gasteiger partial charge in [-0.25, -0.2) is 13.1 Å². The Hall–Kier alpha value is -1.86. The van der Waals surface area contributed by atoms with Crippen LogP contribution in [-0.2, 0) is 23.3 Å². The quantitative estimate of drug-likeness (QED) is 0.891. The predicted molar refractivity (Wildman–Crippen MR) is 86.2 cm³/mol. The minimum absolute atomic E-state index is 0.102. The summed E-state index contributed by atoms with van der Waals surface area (Å²) in [5.74, 6) is 0. The van der Waals surface area contributed by atoms with Gasteiger partial charge in [-0.2, -0.15) is 5.10 Å². The summed E-state index contributed by atoms with van der Waals surface area (Å²) in [6.07, 6.45) is 3.33. The number of aryl methyl sites for hydroxylation is 1. The minimum atomic E-state index is -3.18. The molecule has 0 aliphatic heterocycles. The summed E-state index contributed by atoms with van der Waals surface area (Å²) >= 11 is 5.95. The summed E-state index contributed by atoms with van der Waals surface area (Å²) < 4.78 is 23.9. The number of sulfone groups is 1. The maximum atomic E-state index is 11.6. The lowest BCUT2D eigenvalue weighted by molar-refractivity contribution is 0.602. The van der Waals surface area contributed by atoms with Gasteiger partial charge in [0.2, 0.25) is 0 Å². The molecule has 118 valence electrons. The molecule has 1 aromatic heterocycles. The Morgan fingerprint density at radius 1 is 1.27 bits per heavy atom. The fraction of sp³-hybridized carbons (Fsp3) is 0.286. The monoisotopic (exact) mass is 341 g/mol. The number of halogens is 1. The van der Waals surface area contributed by atoms with Crippen LogP contribution in [0.5, 0.6) is 0 Å². The zero-order valence-corrected chi connectivity index (χ0v) is 13.8. The van der Waals surface area contributed by atoms with Gasteiger partial charge in [-0.15, -0.1) is 0 Å². The SMILES string of the molecule is Cn1ncc(NCCc2ccc(S(C)(=O)=O)cc2)c(Cl)c1=O. The van der Waals surface area contributed by atoms with Crippen molar-refractivity contribution in [2.45, 2.75) is 11.3 Å². The van der Waals surface area contributed by atoms with E-state index >= 15 is 0 Å². The molecule has 2 rings (SSSR count). The predicted octanol–water partition coefficient (Wildman–Crippen LogP) is 1.49. The third kappa shape index (κ3) is 3.86. The number of nitrogens with zero attached hydrogens (tertiary/aromatic N) is 2. The fourth-order valence-electron chi connectivity index (χ4n) is 1.88. The molecule has 0 saturated heterocycles. The van der Waals surface area contributed by atoms with Gasteiger partial charge < -0.3 is 5.32 Å². The van der Waals surface area contributed by atoms with Crippen molar-refractivity contribution >= 4 is 27.1 Å². The molecule has 6 nitrogen and oxygen atoms in total. The number of aromatic nitrogens is 2. The molecule has 22 heavy (non-hydrogen) atoms. The van der Waals surface area contributed by atoms with Gasteiger partial charge in [0.25, 0.3) is 5.56 Å². The number of anilines is 1. The third-order valence-electron chi connectivity index (χ3n) is 3.16. The largest absolute Gasteiger partial charge is 0.382 e. The molecule has 0 fully saturated rings. The summed E-state index contributed by atoms with van der Waals surface area (Å²) in [6, 6.07) is 6.69. The normalized spacial score (nSPS) is 11.4. The summed E-state index contributed by atoms with van der Waals surface area (Å²) in [6.45, 7) is 0.548. The van der Waals surface area contributed by atoms with Crippen molar-refractivity contribution in [3.05, 3.63) is 51.4 Å². The van der Waals surface area contributed by atoms with Crippen LogP contribution in [0.2, 0.25) is 5.02 Å². The molecule has 1 aromatic carbocycles. The first-order valence-electron chi connectivity index (χ1n) is 6.53. The van der Waals surface area contributed by atoms with Crippen molar-refractivity contribution in [1.82, 2.24) is 9.78 Å². The van der Waals surface area contributed by atoms with Gasteiger partial charge in [-0.3, -0.25) is 4.79 Å². The summed E-state index contributed by atoms with van der Waals surface area (Å²) in [5.41, 5.74) is 1.11. The average molecular weight is 342 g/mol. The Labute approximate surface area is 133 Å². The van der Waals surface area contributed by atoms with Gasteiger partial charge in [0.15, 0.2) is 9.84 Å². The van der Waals surface area contributed by atoms with Crippen LogP contribution in [0.1, 0.15) is 5.56 Å². The molecule has 0 radical (unpaired) electrons. The van der Waals surface area contributed by atoms with Gasteiger partial charge >= 0.3 is 0 Å². The number of hydrogen-bond acceptors (Lipinski definition) is 5. The Balaban J connectivity index is 2.00. The maximum Gasteiger partial charge on any atom is 0.287 e. The first kappa shape index (κ1) is 16.5. The second-order valence-electron chi connectivity index (χ2n) is 4.89. The van der Waals surface area contributed by atoms with Crippen molar-refractivity contribution in [3.63, 3.8) is 0 Å². The van der Waals surface area contributed by atoms with E-state index in [0.717, 1.165) is 10.2 Å². The summed E-state index contributed by atoms with van der Waals surface area (Å²) in [4.78, 5) is 11.9. The molecule has 1 N–H and O–H groups in total. The number of benzene rings is 1. The zero-order valence-electron chi connectivity index (χ0n) is 12.2. The number of nitrogens with one attached hydrogen (secondary N) is 1. The highest BCUT2D eigenvalue weighted by atomic mass is 35.5. The van der Waals surface area contributed by atoms with E-state index in [1.807, 2.05) is 0 Å². The number of hydrogen-bond donors (Lipinski definition) is 1. The van der Waals surface area contributed by atoms with Gasteiger partial charge in [-0.1, -0.05) is 23.7 Å². The van der Waals surface area contributed by atoms with E-state index in [9.17, 15) is 13.2 Å². The topological polar surface area (TPSA) is 81.1 Å². The number of rotatable bonds is 5. The average Bonchev–Trinajstić information content (AvgIpc) is 2.47. The minimum Gasteiger partial charge on any atom is -0.382 e. The first-order valence-corrected chi connectivity index (χ1v) is 8.80. The fourth-order valence-corrected chi connectivity index (χ4v) is 2.75. The van der Waals surface area contributed by atoms with Crippen LogP contribution >= 0.6 is 11.6 Å². The second kappa shape index (κ2) is 6.50. The Morgan fingerprint density at radius 3 is 2.50 bits per heavy atom. The third-order valence-corrected chi connectivity index (χ3v) is 4.65. The van der Waals surface area contributed by atoms with Crippen LogP contribution in [0.25, 0.3) is 0 Å². The molecule has 1 heterocycles. The lowest BCUT2D eigenvalue weighted by Crippen LogP contribution is -2.21. The highest BCUT2D eigenvalue weighted by Gasteiger charge is 2.08. The van der Waals surface area contributed by atoms with Gasteiger partial charge in [0, 0.05) is 19.8 Å². The smallest absolute Gasteiger partial charge is 0.287 e. The van der Waals surface area contributed by atoms with Crippen molar-refractivity contribution in [2.75, 3.05) is 18.1 Å². The van der Waals surface area contributed by atoms with Crippen LogP contribution in [-0.4, -0.2) is 31.0 Å². The van der Waals surface area contributed by atoms with Crippen LogP contribution in [0.3, 0.4) is 0 Å². The molecule has 0 unspecified atom stereocenters. The standard InChI is InChI=1S/C14H16ClN3O3S/c1-18-14(19)13(15)12(9-17-18)16-8-7-10-3-5-11(6-4-10)22(2,20)21/h3-6,9,16H,7-8H2,1-2H3. The summed E-state index contributed by atoms with van der Waals surface area (Å²) in [5, 5.41) is 7.04. The highest BCUT2D eigenvalue weighted by molar-refractivity contribution is 7.90. The van der Waals surface area contributed by atoms with E-state index in [4.69, 9.17) is 11.6 Å². The van der Waals surface area contributed by atoms with Gasteiger partial charge in [-0.05, 0) is 24.1 Å². The van der Waals surface area contributed by atoms with Crippen LogP contribution in [0.4, 0.5) is 5.69 Å². The van der Waals surface area contributed by atoms with E-state index in [0.29, 0.717) is 23.5 Å². The molecular formula is C14H16ClN3O3S. The maximum absolute atomic E-state index is 11.6. The first-order chi connectivity index (χ1) is 10.3. The molecule has 2 aromatic rings. The van der Waals surface area contributed by atoms with Gasteiger partial charge in [0.05, 0.1) is 16.8 Å². The lowest BCUT2D eigenvalue weighted by Gasteiger charge is -2.08. The molecular weight excluding hydrogens is 326 g/mol. The molecule has 0 aliphatic rings. The Morgan fingerprint density at radius 2 is 1.91 bits per heavy atom. The van der Waals surface area contributed by atoms with Crippen molar-refractivity contribution < 1.29 is 8.42 Å². The highest BCUT2D eigenvalue weighted by Crippen LogP contribution is 2.15. The molecule has 0 spiro atoms. The second-order valence-corrected chi connectivity index (χ2v) is 7.29. The molecule has 0 atom stereocenters. The van der Waals surface area contributed by atoms with E-state index in [2.05, 4.69) is 10.4 Å². The van der Waals surface area contributed by atoms with Crippen LogP contribution < -0.4 is 10.9 Å². The Kier molecular flexibility index (Phi) is 4.87. The Bertz CT molecular complexity index is 829. The summed E-state index contributed by atoms with van der Waals surface area (Å²) in [7, 11) is -1.65. The van der Waals surface area contributed by atoms with E-state index in [1.165, 1.54) is 19.5 Å². The lowest BCUT2D eigenvalue weighted by atomic mass is 10.1. The van der Waals surface area contributed by atoms with Gasteiger partial charge in [0.1, 0.15) is 5.02 Å². The van der Waals surface area contributed by atoms with Crippen LogP contribution in [0, 0.1) is 0 Å². The molecule has 0 amide bonds. The van der Waals surface area contributed by atoms with E-state index in [1.54, 1.807) is 24.3 Å². The molecule has 0 saturated carbocycles. The van der Waals surface area contributed by atoms with Crippen molar-refractivity contribution in [2.24, 2.45) is 7.05 Å². The van der Waals surface area contributed by atoms with E-state index in [-0.39, 0.29) is 10.6 Å².